The SMILES string of the molecule is CNS(=O)(=O)c1ccc(NCC2CNCCO2)cc1. The highest BCUT2D eigenvalue weighted by molar-refractivity contribution is 7.89. The highest BCUT2D eigenvalue weighted by Crippen LogP contribution is 2.13. The second-order valence-electron chi connectivity index (χ2n) is 4.31. The molecule has 1 aliphatic heterocycles. The van der Waals surface area contributed by atoms with Crippen LogP contribution in [0.25, 0.3) is 0 Å². The molecule has 1 aliphatic rings. The third-order valence-electron chi connectivity index (χ3n) is 2.97. The Morgan fingerprint density at radius 2 is 2.11 bits per heavy atom. The van der Waals surface area contributed by atoms with Crippen molar-refractivity contribution in [2.45, 2.75) is 11.0 Å². The Balaban J connectivity index is 1.91. The van der Waals surface area contributed by atoms with Crippen molar-refractivity contribution in [3.63, 3.8) is 0 Å². The molecule has 7 heteroatoms. The summed E-state index contributed by atoms with van der Waals surface area (Å²) < 4.78 is 31.0. The summed E-state index contributed by atoms with van der Waals surface area (Å²) in [6, 6.07) is 6.66. The van der Waals surface area contributed by atoms with Crippen LogP contribution in [-0.2, 0) is 14.8 Å². The minimum Gasteiger partial charge on any atom is -0.382 e. The van der Waals surface area contributed by atoms with Crippen LogP contribution >= 0.6 is 0 Å². The third-order valence-corrected chi connectivity index (χ3v) is 4.40. The molecule has 1 heterocycles. The van der Waals surface area contributed by atoms with Gasteiger partial charge in [-0.05, 0) is 31.3 Å². The largest absolute Gasteiger partial charge is 0.382 e. The number of morpholine rings is 1. The molecule has 1 fully saturated rings. The summed E-state index contributed by atoms with van der Waals surface area (Å²) in [4.78, 5) is 0.260. The molecule has 6 nitrogen and oxygen atoms in total. The lowest BCUT2D eigenvalue weighted by atomic mass is 10.2. The van der Waals surface area contributed by atoms with Crippen LogP contribution in [0.15, 0.2) is 29.2 Å². The van der Waals surface area contributed by atoms with Crippen LogP contribution in [0.3, 0.4) is 0 Å². The zero-order chi connectivity index (χ0) is 13.7. The van der Waals surface area contributed by atoms with Crippen molar-refractivity contribution in [2.75, 3.05) is 38.6 Å². The number of anilines is 1. The van der Waals surface area contributed by atoms with E-state index in [1.165, 1.54) is 7.05 Å². The summed E-state index contributed by atoms with van der Waals surface area (Å²) in [5, 5.41) is 6.49. The average Bonchev–Trinajstić information content (AvgIpc) is 2.47. The molecule has 1 aromatic carbocycles. The van der Waals surface area contributed by atoms with Gasteiger partial charge in [-0.15, -0.1) is 0 Å². The second kappa shape index (κ2) is 6.33. The Hall–Kier alpha value is -1.15. The molecule has 0 aliphatic carbocycles. The third kappa shape index (κ3) is 3.90. The van der Waals surface area contributed by atoms with Crippen LogP contribution in [0.2, 0.25) is 0 Å². The van der Waals surface area contributed by atoms with Crippen LogP contribution in [-0.4, -0.2) is 47.8 Å². The molecule has 0 bridgehead atoms. The minimum absolute atomic E-state index is 0.148. The highest BCUT2D eigenvalue weighted by Gasteiger charge is 2.13. The zero-order valence-corrected chi connectivity index (χ0v) is 11.7. The molecular formula is C12H19N3O3S. The van der Waals surface area contributed by atoms with E-state index in [1.807, 2.05) is 0 Å². The fourth-order valence-corrected chi connectivity index (χ4v) is 2.58. The van der Waals surface area contributed by atoms with E-state index in [9.17, 15) is 8.42 Å². The van der Waals surface area contributed by atoms with Gasteiger partial charge in [-0.3, -0.25) is 0 Å². The van der Waals surface area contributed by atoms with Gasteiger partial charge in [-0.2, -0.15) is 0 Å². The maximum absolute atomic E-state index is 11.6. The number of ether oxygens (including phenoxy) is 1. The number of hydrogen-bond donors (Lipinski definition) is 3. The molecule has 1 aromatic rings. The Bertz CT molecular complexity index is 495. The van der Waals surface area contributed by atoms with Crippen LogP contribution in [0.4, 0.5) is 5.69 Å². The van der Waals surface area contributed by atoms with E-state index in [4.69, 9.17) is 4.74 Å². The van der Waals surface area contributed by atoms with Gasteiger partial charge < -0.3 is 15.4 Å². The van der Waals surface area contributed by atoms with E-state index in [2.05, 4.69) is 15.4 Å². The Labute approximate surface area is 113 Å². The summed E-state index contributed by atoms with van der Waals surface area (Å²) in [5.74, 6) is 0. The first kappa shape index (κ1) is 14.3. The van der Waals surface area contributed by atoms with Gasteiger partial charge in [-0.25, -0.2) is 13.1 Å². The van der Waals surface area contributed by atoms with Gasteiger partial charge in [-0.1, -0.05) is 0 Å². The summed E-state index contributed by atoms with van der Waals surface area (Å²) in [5.41, 5.74) is 0.879. The van der Waals surface area contributed by atoms with E-state index in [1.54, 1.807) is 24.3 Å². The van der Waals surface area contributed by atoms with Gasteiger partial charge in [0.2, 0.25) is 10.0 Å². The first-order valence-corrected chi connectivity index (χ1v) is 7.70. The summed E-state index contributed by atoms with van der Waals surface area (Å²) >= 11 is 0. The topological polar surface area (TPSA) is 79.5 Å². The molecular weight excluding hydrogens is 266 g/mol. The maximum Gasteiger partial charge on any atom is 0.240 e. The highest BCUT2D eigenvalue weighted by atomic mass is 32.2. The van der Waals surface area contributed by atoms with Crippen LogP contribution in [0.1, 0.15) is 0 Å². The monoisotopic (exact) mass is 285 g/mol. The van der Waals surface area contributed by atoms with Crippen LogP contribution < -0.4 is 15.4 Å². The van der Waals surface area contributed by atoms with Gasteiger partial charge in [0, 0.05) is 25.3 Å². The second-order valence-corrected chi connectivity index (χ2v) is 6.20. The maximum atomic E-state index is 11.6. The van der Waals surface area contributed by atoms with Crippen LogP contribution in [0, 0.1) is 0 Å². The quantitative estimate of drug-likeness (QED) is 0.709. The average molecular weight is 285 g/mol. The van der Waals surface area contributed by atoms with Gasteiger partial charge in [0.25, 0.3) is 0 Å². The summed E-state index contributed by atoms with van der Waals surface area (Å²) in [6.07, 6.45) is 0.148. The molecule has 0 spiro atoms. The molecule has 19 heavy (non-hydrogen) atoms. The predicted octanol–water partition coefficient (Wildman–Crippen LogP) is -0.00500. The minimum atomic E-state index is -3.36. The van der Waals surface area contributed by atoms with Crippen molar-refractivity contribution in [3.05, 3.63) is 24.3 Å². The molecule has 0 saturated carbocycles. The summed E-state index contributed by atoms with van der Waals surface area (Å²) in [6.45, 7) is 3.16. The molecule has 0 radical (unpaired) electrons. The predicted molar refractivity (Wildman–Crippen MR) is 73.8 cm³/mol. The number of rotatable bonds is 5. The number of nitrogens with one attached hydrogen (secondary N) is 3. The normalized spacial score (nSPS) is 20.2. The van der Waals surface area contributed by atoms with Crippen LogP contribution in [0.5, 0.6) is 0 Å². The first-order valence-electron chi connectivity index (χ1n) is 6.21. The number of benzene rings is 1. The van der Waals surface area contributed by atoms with Crippen molar-refractivity contribution >= 4 is 15.7 Å². The van der Waals surface area contributed by atoms with E-state index in [0.29, 0.717) is 6.54 Å². The van der Waals surface area contributed by atoms with Crippen molar-refractivity contribution in [1.82, 2.24) is 10.0 Å². The molecule has 0 amide bonds. The van der Waals surface area contributed by atoms with E-state index in [0.717, 1.165) is 25.4 Å². The number of hydrogen-bond acceptors (Lipinski definition) is 5. The fourth-order valence-electron chi connectivity index (χ4n) is 1.85. The molecule has 1 saturated heterocycles. The summed E-state index contributed by atoms with van der Waals surface area (Å²) in [7, 11) is -1.97. The molecule has 106 valence electrons. The van der Waals surface area contributed by atoms with Crippen molar-refractivity contribution in [1.29, 1.82) is 0 Å². The molecule has 3 N–H and O–H groups in total. The van der Waals surface area contributed by atoms with Gasteiger partial charge in [0.05, 0.1) is 17.6 Å². The molecule has 2 rings (SSSR count). The van der Waals surface area contributed by atoms with Gasteiger partial charge >= 0.3 is 0 Å². The van der Waals surface area contributed by atoms with Gasteiger partial charge in [0.15, 0.2) is 0 Å². The van der Waals surface area contributed by atoms with Crippen molar-refractivity contribution in [2.24, 2.45) is 0 Å². The molecule has 1 unspecified atom stereocenters. The Morgan fingerprint density at radius 1 is 1.37 bits per heavy atom. The lowest BCUT2D eigenvalue weighted by Gasteiger charge is -2.24. The molecule has 0 aromatic heterocycles. The smallest absolute Gasteiger partial charge is 0.240 e. The molecule has 1 atom stereocenters. The first-order chi connectivity index (χ1) is 9.12. The Morgan fingerprint density at radius 3 is 2.68 bits per heavy atom. The van der Waals surface area contributed by atoms with E-state index >= 15 is 0 Å². The zero-order valence-electron chi connectivity index (χ0n) is 10.8. The number of sulfonamides is 1. The lowest BCUT2D eigenvalue weighted by Crippen LogP contribution is -2.42. The van der Waals surface area contributed by atoms with Crippen molar-refractivity contribution < 1.29 is 13.2 Å². The lowest BCUT2D eigenvalue weighted by molar-refractivity contribution is 0.0372. The Kier molecular flexibility index (Phi) is 4.76. The standard InChI is InChI=1S/C12H19N3O3S/c1-13-19(16,17)12-4-2-10(3-5-12)15-9-11-8-14-6-7-18-11/h2-5,11,13-15H,6-9H2,1H3. The van der Waals surface area contributed by atoms with E-state index < -0.39 is 10.0 Å². The van der Waals surface area contributed by atoms with Gasteiger partial charge in [0.1, 0.15) is 0 Å². The van der Waals surface area contributed by atoms with E-state index in [-0.39, 0.29) is 11.0 Å². The fraction of sp³-hybridized carbons (Fsp3) is 0.500. The van der Waals surface area contributed by atoms with Crippen molar-refractivity contribution in [3.8, 4) is 0 Å².